The van der Waals surface area contributed by atoms with E-state index in [9.17, 15) is 4.79 Å². The van der Waals surface area contributed by atoms with Crippen LogP contribution in [0.2, 0.25) is 0 Å². The Morgan fingerprint density at radius 1 is 1.24 bits per heavy atom. The van der Waals surface area contributed by atoms with Crippen molar-refractivity contribution in [2.75, 3.05) is 33.7 Å². The molecule has 2 aliphatic rings. The van der Waals surface area contributed by atoms with Gasteiger partial charge in [0.05, 0.1) is 5.54 Å². The van der Waals surface area contributed by atoms with Gasteiger partial charge in [0.15, 0.2) is 0 Å². The summed E-state index contributed by atoms with van der Waals surface area (Å²) in [5.41, 5.74) is -0.274. The van der Waals surface area contributed by atoms with Crippen molar-refractivity contribution in [2.24, 2.45) is 0 Å². The van der Waals surface area contributed by atoms with Crippen molar-refractivity contribution < 1.29 is 4.79 Å². The summed E-state index contributed by atoms with van der Waals surface area (Å²) in [7, 11) is 4.20. The van der Waals surface area contributed by atoms with Gasteiger partial charge < -0.3 is 10.2 Å². The smallest absolute Gasteiger partial charge is 0.240 e. The zero-order chi connectivity index (χ0) is 12.5. The van der Waals surface area contributed by atoms with Crippen LogP contribution in [0.4, 0.5) is 0 Å². The van der Waals surface area contributed by atoms with Crippen LogP contribution in [-0.4, -0.2) is 61.0 Å². The van der Waals surface area contributed by atoms with Crippen molar-refractivity contribution in [1.82, 2.24) is 15.1 Å². The molecular formula is C13H25N3O. The third kappa shape index (κ3) is 2.63. The van der Waals surface area contributed by atoms with Crippen LogP contribution < -0.4 is 5.32 Å². The number of nitrogens with zero attached hydrogens (tertiary/aromatic N) is 2. The maximum Gasteiger partial charge on any atom is 0.240 e. The van der Waals surface area contributed by atoms with Gasteiger partial charge in [-0.3, -0.25) is 9.69 Å². The summed E-state index contributed by atoms with van der Waals surface area (Å²) in [5.74, 6) is 0.229. The van der Waals surface area contributed by atoms with E-state index in [0.29, 0.717) is 6.04 Å². The lowest BCUT2D eigenvalue weighted by atomic mass is 9.96. The number of rotatable bonds is 2. The third-order valence-corrected chi connectivity index (χ3v) is 4.54. The highest BCUT2D eigenvalue weighted by atomic mass is 16.2. The Balaban J connectivity index is 1.88. The van der Waals surface area contributed by atoms with Crippen molar-refractivity contribution in [3.05, 3.63) is 0 Å². The fourth-order valence-corrected chi connectivity index (χ4v) is 2.88. The molecule has 4 heteroatoms. The first-order chi connectivity index (χ1) is 8.02. The summed E-state index contributed by atoms with van der Waals surface area (Å²) in [6.45, 7) is 5.30. The monoisotopic (exact) mass is 239 g/mol. The van der Waals surface area contributed by atoms with Crippen LogP contribution in [0.5, 0.6) is 0 Å². The lowest BCUT2D eigenvalue weighted by Gasteiger charge is -2.35. The third-order valence-electron chi connectivity index (χ3n) is 4.54. The molecule has 0 aromatic rings. The average molecular weight is 239 g/mol. The predicted molar refractivity (Wildman–Crippen MR) is 68.9 cm³/mol. The summed E-state index contributed by atoms with van der Waals surface area (Å²) in [6, 6.07) is 0.379. The molecule has 0 radical (unpaired) electrons. The van der Waals surface area contributed by atoms with Gasteiger partial charge in [-0.25, -0.2) is 0 Å². The lowest BCUT2D eigenvalue weighted by molar-refractivity contribution is -0.131. The van der Waals surface area contributed by atoms with Gasteiger partial charge in [0.2, 0.25) is 5.91 Å². The van der Waals surface area contributed by atoms with E-state index in [1.54, 1.807) is 0 Å². The summed E-state index contributed by atoms with van der Waals surface area (Å²) >= 11 is 0. The molecule has 1 atom stereocenters. The van der Waals surface area contributed by atoms with Crippen LogP contribution >= 0.6 is 0 Å². The molecular weight excluding hydrogens is 214 g/mol. The quantitative estimate of drug-likeness (QED) is 0.770. The van der Waals surface area contributed by atoms with E-state index in [-0.39, 0.29) is 11.4 Å². The van der Waals surface area contributed by atoms with Gasteiger partial charge in [0, 0.05) is 6.04 Å². The molecule has 1 amide bonds. The predicted octanol–water partition coefficient (Wildman–Crippen LogP) is 0.681. The number of likely N-dealkylation sites (N-methyl/N-ethyl adjacent to an activating group) is 1. The minimum atomic E-state index is -0.274. The number of hydrogen-bond donors (Lipinski definition) is 1. The van der Waals surface area contributed by atoms with Crippen LogP contribution in [0.1, 0.15) is 32.6 Å². The Morgan fingerprint density at radius 3 is 2.41 bits per heavy atom. The number of carbonyl (C=O) groups excluding carboxylic acids is 1. The molecule has 0 bridgehead atoms. The van der Waals surface area contributed by atoms with Crippen molar-refractivity contribution in [1.29, 1.82) is 0 Å². The van der Waals surface area contributed by atoms with E-state index in [4.69, 9.17) is 0 Å². The van der Waals surface area contributed by atoms with Gasteiger partial charge in [-0.1, -0.05) is 0 Å². The molecule has 98 valence electrons. The molecule has 1 N–H and O–H groups in total. The highest BCUT2D eigenvalue weighted by Crippen LogP contribution is 2.27. The first-order valence-electron chi connectivity index (χ1n) is 6.73. The second kappa shape index (κ2) is 4.94. The van der Waals surface area contributed by atoms with Crippen LogP contribution in [0, 0.1) is 0 Å². The van der Waals surface area contributed by atoms with Gasteiger partial charge in [-0.05, 0) is 66.3 Å². The minimum Gasteiger partial charge on any atom is -0.352 e. The molecule has 4 nitrogen and oxygen atoms in total. The average Bonchev–Trinajstić information content (AvgIpc) is 2.64. The van der Waals surface area contributed by atoms with Crippen LogP contribution in [-0.2, 0) is 4.79 Å². The van der Waals surface area contributed by atoms with Gasteiger partial charge in [0.25, 0.3) is 0 Å². The molecule has 2 rings (SSSR count). The van der Waals surface area contributed by atoms with E-state index in [0.717, 1.165) is 45.3 Å². The first kappa shape index (κ1) is 12.8. The zero-order valence-corrected chi connectivity index (χ0v) is 11.3. The summed E-state index contributed by atoms with van der Waals surface area (Å²) in [4.78, 5) is 16.9. The second-order valence-corrected chi connectivity index (χ2v) is 5.85. The summed E-state index contributed by atoms with van der Waals surface area (Å²) in [5, 5.41) is 3.24. The van der Waals surface area contributed by atoms with E-state index < -0.39 is 0 Å². The van der Waals surface area contributed by atoms with Crippen molar-refractivity contribution in [3.8, 4) is 0 Å². The fraction of sp³-hybridized carbons (Fsp3) is 0.923. The number of hydrogen-bond acceptors (Lipinski definition) is 3. The molecule has 2 saturated heterocycles. The largest absolute Gasteiger partial charge is 0.352 e. The number of nitrogens with one attached hydrogen (secondary N) is 1. The van der Waals surface area contributed by atoms with Crippen molar-refractivity contribution >= 4 is 5.91 Å². The van der Waals surface area contributed by atoms with Crippen LogP contribution in [0.15, 0.2) is 0 Å². The van der Waals surface area contributed by atoms with Crippen LogP contribution in [0.25, 0.3) is 0 Å². The molecule has 0 spiro atoms. The normalized spacial score (nSPS) is 32.9. The molecule has 17 heavy (non-hydrogen) atoms. The highest BCUT2D eigenvalue weighted by Gasteiger charge is 2.41. The van der Waals surface area contributed by atoms with E-state index in [2.05, 4.69) is 36.1 Å². The Bertz CT molecular complexity index is 286. The topological polar surface area (TPSA) is 35.6 Å². The van der Waals surface area contributed by atoms with Gasteiger partial charge in [-0.15, -0.1) is 0 Å². The standard InChI is InChI=1S/C13H25N3O/c1-13(7-4-8-16(13)3)12(17)14-11-5-9-15(2)10-6-11/h11H,4-10H2,1-3H3,(H,14,17)/t13-/m1/s1. The maximum atomic E-state index is 12.4. The SMILES string of the molecule is CN1CCC(NC(=O)[C@@]2(C)CCCN2C)CC1. The van der Waals surface area contributed by atoms with E-state index in [1.807, 2.05) is 0 Å². The fourth-order valence-electron chi connectivity index (χ4n) is 2.88. The van der Waals surface area contributed by atoms with E-state index in [1.165, 1.54) is 0 Å². The molecule has 0 saturated carbocycles. The number of piperidine rings is 1. The van der Waals surface area contributed by atoms with Gasteiger partial charge in [0.1, 0.15) is 0 Å². The number of carbonyl (C=O) groups is 1. The van der Waals surface area contributed by atoms with Crippen LogP contribution in [0.3, 0.4) is 0 Å². The Labute approximate surface area is 104 Å². The maximum absolute atomic E-state index is 12.4. The lowest BCUT2D eigenvalue weighted by Crippen LogP contribution is -2.55. The Kier molecular flexibility index (Phi) is 3.73. The molecule has 0 unspecified atom stereocenters. The zero-order valence-electron chi connectivity index (χ0n) is 11.3. The van der Waals surface area contributed by atoms with Crippen molar-refractivity contribution in [3.63, 3.8) is 0 Å². The number of likely N-dealkylation sites (tertiary alicyclic amines) is 2. The van der Waals surface area contributed by atoms with Crippen molar-refractivity contribution in [2.45, 2.75) is 44.2 Å². The molecule has 0 aliphatic carbocycles. The highest BCUT2D eigenvalue weighted by molar-refractivity contribution is 5.86. The minimum absolute atomic E-state index is 0.229. The molecule has 0 aromatic carbocycles. The summed E-state index contributed by atoms with van der Waals surface area (Å²) < 4.78 is 0. The second-order valence-electron chi connectivity index (χ2n) is 5.85. The molecule has 2 aliphatic heterocycles. The van der Waals surface area contributed by atoms with Gasteiger partial charge in [-0.2, -0.15) is 0 Å². The first-order valence-corrected chi connectivity index (χ1v) is 6.73. The molecule has 2 fully saturated rings. The summed E-state index contributed by atoms with van der Waals surface area (Å²) in [6.07, 6.45) is 4.29. The molecule has 2 heterocycles. The molecule has 0 aromatic heterocycles. The number of amides is 1. The Hall–Kier alpha value is -0.610. The van der Waals surface area contributed by atoms with Gasteiger partial charge >= 0.3 is 0 Å². The van der Waals surface area contributed by atoms with E-state index >= 15 is 0 Å². The Morgan fingerprint density at radius 2 is 1.88 bits per heavy atom.